The summed E-state index contributed by atoms with van der Waals surface area (Å²) in [5.41, 5.74) is 6.28. The Morgan fingerprint density at radius 1 is 1.55 bits per heavy atom. The van der Waals surface area contributed by atoms with Crippen molar-refractivity contribution in [1.82, 2.24) is 25.2 Å². The number of esters is 1. The fraction of sp³-hybridized carbons (Fsp3) is 0.364. The van der Waals surface area contributed by atoms with Crippen LogP contribution in [0, 0.1) is 0 Å². The first-order valence-corrected chi connectivity index (χ1v) is 6.80. The van der Waals surface area contributed by atoms with Crippen molar-refractivity contribution in [3.05, 3.63) is 17.8 Å². The van der Waals surface area contributed by atoms with Gasteiger partial charge in [0.25, 0.3) is 0 Å². The molecule has 2 N–H and O–H groups in total. The fourth-order valence-electron chi connectivity index (χ4n) is 1.68. The maximum Gasteiger partial charge on any atom is 0.340 e. The van der Waals surface area contributed by atoms with Crippen molar-refractivity contribution >= 4 is 23.4 Å². The van der Waals surface area contributed by atoms with E-state index in [0.717, 1.165) is 12.8 Å². The fourth-order valence-corrected chi connectivity index (χ4v) is 2.51. The molecule has 20 heavy (non-hydrogen) atoms. The molecule has 0 radical (unpaired) electrons. The number of hydrogen-bond donors (Lipinski definition) is 1. The van der Waals surface area contributed by atoms with Gasteiger partial charge in [0, 0.05) is 0 Å². The smallest absolute Gasteiger partial charge is 0.340 e. The second-order valence-electron chi connectivity index (χ2n) is 4.34. The van der Waals surface area contributed by atoms with E-state index in [1.165, 1.54) is 25.1 Å². The van der Waals surface area contributed by atoms with Gasteiger partial charge in [0.2, 0.25) is 5.16 Å². The standard InChI is InChI=1S/C11H12N6O2S/c1-19-10(18)7-4-9(13-5-8(7)12)20-11-14-15-16-17(11)6-2-3-6/h4-6H,2-3,12H2,1H3. The van der Waals surface area contributed by atoms with Gasteiger partial charge in [-0.3, -0.25) is 0 Å². The Bertz CT molecular complexity index is 654. The number of ether oxygens (including phenoxy) is 1. The zero-order valence-corrected chi connectivity index (χ0v) is 11.5. The van der Waals surface area contributed by atoms with Crippen molar-refractivity contribution in [2.75, 3.05) is 12.8 Å². The zero-order valence-electron chi connectivity index (χ0n) is 10.7. The maximum absolute atomic E-state index is 11.6. The topological polar surface area (TPSA) is 109 Å². The molecule has 0 unspecified atom stereocenters. The molecule has 9 heteroatoms. The molecule has 0 aliphatic heterocycles. The van der Waals surface area contributed by atoms with E-state index in [-0.39, 0.29) is 11.3 Å². The van der Waals surface area contributed by atoms with Crippen molar-refractivity contribution in [1.29, 1.82) is 0 Å². The predicted octanol–water partition coefficient (Wildman–Crippen LogP) is 0.923. The second-order valence-corrected chi connectivity index (χ2v) is 5.33. The number of nitrogens with two attached hydrogens (primary N) is 1. The summed E-state index contributed by atoms with van der Waals surface area (Å²) < 4.78 is 6.46. The molecule has 0 saturated heterocycles. The quantitative estimate of drug-likeness (QED) is 0.829. The van der Waals surface area contributed by atoms with Gasteiger partial charge in [0.05, 0.1) is 30.6 Å². The van der Waals surface area contributed by atoms with Crippen LogP contribution in [-0.4, -0.2) is 38.3 Å². The first kappa shape index (κ1) is 12.9. The number of nitrogen functional groups attached to an aromatic ring is 1. The number of anilines is 1. The molecule has 104 valence electrons. The average molecular weight is 292 g/mol. The Labute approximate surface area is 118 Å². The van der Waals surface area contributed by atoms with Gasteiger partial charge in [-0.2, -0.15) is 0 Å². The number of pyridine rings is 1. The zero-order chi connectivity index (χ0) is 14.1. The minimum absolute atomic E-state index is 0.281. The van der Waals surface area contributed by atoms with Crippen LogP contribution in [0.5, 0.6) is 0 Å². The highest BCUT2D eigenvalue weighted by molar-refractivity contribution is 7.99. The molecule has 0 atom stereocenters. The van der Waals surface area contributed by atoms with Gasteiger partial charge in [-0.15, -0.1) is 5.10 Å². The lowest BCUT2D eigenvalue weighted by atomic mass is 10.2. The molecule has 1 fully saturated rings. The monoisotopic (exact) mass is 292 g/mol. The third-order valence-electron chi connectivity index (χ3n) is 2.87. The van der Waals surface area contributed by atoms with Crippen molar-refractivity contribution in [3.63, 3.8) is 0 Å². The Balaban J connectivity index is 1.87. The molecule has 0 bridgehead atoms. The van der Waals surface area contributed by atoms with E-state index in [9.17, 15) is 4.79 Å². The molecule has 2 aromatic heterocycles. The van der Waals surface area contributed by atoms with Gasteiger partial charge in [-0.25, -0.2) is 14.5 Å². The molecular formula is C11H12N6O2S. The van der Waals surface area contributed by atoms with E-state index in [1.54, 1.807) is 10.7 Å². The third kappa shape index (κ3) is 2.44. The van der Waals surface area contributed by atoms with Crippen LogP contribution in [0.4, 0.5) is 5.69 Å². The van der Waals surface area contributed by atoms with Crippen LogP contribution in [0.25, 0.3) is 0 Å². The largest absolute Gasteiger partial charge is 0.465 e. The van der Waals surface area contributed by atoms with Gasteiger partial charge in [0.15, 0.2) is 0 Å². The van der Waals surface area contributed by atoms with E-state index < -0.39 is 5.97 Å². The summed E-state index contributed by atoms with van der Waals surface area (Å²) >= 11 is 1.29. The van der Waals surface area contributed by atoms with Crippen molar-refractivity contribution in [2.24, 2.45) is 0 Å². The van der Waals surface area contributed by atoms with Crippen molar-refractivity contribution in [2.45, 2.75) is 29.1 Å². The van der Waals surface area contributed by atoms with Crippen molar-refractivity contribution < 1.29 is 9.53 Å². The number of carbonyl (C=O) groups excluding carboxylic acids is 1. The molecule has 1 aliphatic carbocycles. The van der Waals surface area contributed by atoms with E-state index >= 15 is 0 Å². The van der Waals surface area contributed by atoms with E-state index in [0.29, 0.717) is 16.2 Å². The lowest BCUT2D eigenvalue weighted by molar-refractivity contribution is 0.0601. The highest BCUT2D eigenvalue weighted by Gasteiger charge is 2.28. The molecule has 3 rings (SSSR count). The van der Waals surface area contributed by atoms with E-state index in [4.69, 9.17) is 5.73 Å². The molecule has 8 nitrogen and oxygen atoms in total. The molecule has 0 amide bonds. The van der Waals surface area contributed by atoms with Crippen LogP contribution in [0.1, 0.15) is 29.2 Å². The molecule has 0 spiro atoms. The molecule has 1 aliphatic rings. The highest BCUT2D eigenvalue weighted by atomic mass is 32.2. The van der Waals surface area contributed by atoms with E-state index in [1.807, 2.05) is 0 Å². The lowest BCUT2D eigenvalue weighted by Gasteiger charge is -2.06. The summed E-state index contributed by atoms with van der Waals surface area (Å²) in [6.45, 7) is 0. The maximum atomic E-state index is 11.6. The summed E-state index contributed by atoms with van der Waals surface area (Å²) in [5, 5.41) is 12.8. The summed E-state index contributed by atoms with van der Waals surface area (Å²) in [6, 6.07) is 1.96. The highest BCUT2D eigenvalue weighted by Crippen LogP contribution is 2.37. The van der Waals surface area contributed by atoms with Crippen LogP contribution < -0.4 is 5.73 Å². The number of rotatable bonds is 4. The van der Waals surface area contributed by atoms with Gasteiger partial charge in [-0.1, -0.05) is 0 Å². The first-order valence-electron chi connectivity index (χ1n) is 5.98. The van der Waals surface area contributed by atoms with E-state index in [2.05, 4.69) is 25.2 Å². The van der Waals surface area contributed by atoms with Crippen molar-refractivity contribution in [3.8, 4) is 0 Å². The summed E-state index contributed by atoms with van der Waals surface area (Å²) in [7, 11) is 1.31. The number of nitrogens with zero attached hydrogens (tertiary/aromatic N) is 5. The number of tetrazole rings is 1. The number of methoxy groups -OCH3 is 1. The second kappa shape index (κ2) is 5.08. The number of carbonyl (C=O) groups is 1. The normalized spacial score (nSPS) is 14.2. The SMILES string of the molecule is COC(=O)c1cc(Sc2nnnn2C2CC2)ncc1N. The third-order valence-corrected chi connectivity index (χ3v) is 3.75. The molecular weight excluding hydrogens is 280 g/mol. The number of aromatic nitrogens is 5. The Hall–Kier alpha value is -2.16. The number of hydrogen-bond acceptors (Lipinski definition) is 8. The van der Waals surface area contributed by atoms with Crippen LogP contribution in [-0.2, 0) is 4.74 Å². The van der Waals surface area contributed by atoms with Crippen LogP contribution >= 0.6 is 11.8 Å². The Morgan fingerprint density at radius 3 is 3.05 bits per heavy atom. The minimum atomic E-state index is -0.492. The van der Waals surface area contributed by atoms with Gasteiger partial charge in [0.1, 0.15) is 5.03 Å². The minimum Gasteiger partial charge on any atom is -0.465 e. The van der Waals surface area contributed by atoms with Gasteiger partial charge in [-0.05, 0) is 41.1 Å². The molecule has 2 heterocycles. The Kier molecular flexibility index (Phi) is 3.26. The van der Waals surface area contributed by atoms with Gasteiger partial charge < -0.3 is 10.5 Å². The average Bonchev–Trinajstić information content (AvgIpc) is 3.20. The lowest BCUT2D eigenvalue weighted by Crippen LogP contribution is -2.06. The summed E-state index contributed by atoms with van der Waals surface area (Å²) in [6.07, 6.45) is 3.60. The Morgan fingerprint density at radius 2 is 2.35 bits per heavy atom. The van der Waals surface area contributed by atoms with Gasteiger partial charge >= 0.3 is 5.97 Å². The predicted molar refractivity (Wildman–Crippen MR) is 70.2 cm³/mol. The van der Waals surface area contributed by atoms with Crippen LogP contribution in [0.15, 0.2) is 22.4 Å². The molecule has 0 aromatic carbocycles. The molecule has 1 saturated carbocycles. The van der Waals surface area contributed by atoms with Crippen LogP contribution in [0.3, 0.4) is 0 Å². The van der Waals surface area contributed by atoms with Crippen LogP contribution in [0.2, 0.25) is 0 Å². The first-order chi connectivity index (χ1) is 9.69. The summed E-state index contributed by atoms with van der Waals surface area (Å²) in [5.74, 6) is -0.492. The molecule has 2 aromatic rings. The summed E-state index contributed by atoms with van der Waals surface area (Å²) in [4.78, 5) is 15.8.